The van der Waals surface area contributed by atoms with Crippen molar-refractivity contribution in [3.8, 4) is 0 Å². The lowest BCUT2D eigenvalue weighted by molar-refractivity contribution is -0.118. The van der Waals surface area contributed by atoms with Gasteiger partial charge in [-0.15, -0.1) is 0 Å². The van der Waals surface area contributed by atoms with Gasteiger partial charge in [-0.2, -0.15) is 0 Å². The highest BCUT2D eigenvalue weighted by molar-refractivity contribution is 5.94. The second-order valence-electron chi connectivity index (χ2n) is 6.02. The Hall–Kier alpha value is -1.65. The number of carbonyl (C=O) groups excluding carboxylic acids is 1. The van der Waals surface area contributed by atoms with Gasteiger partial charge in [0.25, 0.3) is 0 Å². The summed E-state index contributed by atoms with van der Waals surface area (Å²) in [5.74, 6) is -0.0482. The van der Waals surface area contributed by atoms with Gasteiger partial charge in [-0.1, -0.05) is 30.4 Å². The van der Waals surface area contributed by atoms with Gasteiger partial charge < -0.3 is 11.1 Å². The van der Waals surface area contributed by atoms with Crippen molar-refractivity contribution in [3.63, 3.8) is 0 Å². The van der Waals surface area contributed by atoms with E-state index in [1.54, 1.807) is 0 Å². The first-order valence-corrected chi connectivity index (χ1v) is 7.77. The molecule has 2 unspecified atom stereocenters. The number of amides is 1. The third kappa shape index (κ3) is 3.52. The summed E-state index contributed by atoms with van der Waals surface area (Å²) >= 11 is 0. The molecule has 21 heavy (non-hydrogen) atoms. The number of carbonyl (C=O) groups is 1. The standard InChI is InChI=1S/C17H23N3O/c18-15-8-7-13(11-15)17(21)19-16-6-2-1-5-14(16)12-20-9-3-4-10-20/h1-2,5-8,13,15H,3-4,9-12,18H2,(H,19,21). The molecule has 1 aliphatic carbocycles. The summed E-state index contributed by atoms with van der Waals surface area (Å²) in [5, 5.41) is 3.07. The summed E-state index contributed by atoms with van der Waals surface area (Å²) in [6.07, 6.45) is 7.10. The predicted molar refractivity (Wildman–Crippen MR) is 84.8 cm³/mol. The van der Waals surface area contributed by atoms with Crippen molar-refractivity contribution >= 4 is 11.6 Å². The minimum absolute atomic E-state index is 0.0144. The lowest BCUT2D eigenvalue weighted by atomic mass is 10.1. The topological polar surface area (TPSA) is 58.4 Å². The number of hydrogen-bond acceptors (Lipinski definition) is 3. The van der Waals surface area contributed by atoms with Gasteiger partial charge in [-0.05, 0) is 44.0 Å². The van der Waals surface area contributed by atoms with E-state index in [-0.39, 0.29) is 17.9 Å². The van der Waals surface area contributed by atoms with Crippen LogP contribution in [0.15, 0.2) is 36.4 Å². The maximum Gasteiger partial charge on any atom is 0.231 e. The Morgan fingerprint density at radius 3 is 2.71 bits per heavy atom. The second kappa shape index (κ2) is 6.41. The maximum absolute atomic E-state index is 12.3. The highest BCUT2D eigenvalue weighted by atomic mass is 16.1. The predicted octanol–water partition coefficient (Wildman–Crippen LogP) is 2.12. The summed E-state index contributed by atoms with van der Waals surface area (Å²) in [4.78, 5) is 14.8. The molecule has 1 amide bonds. The fourth-order valence-corrected chi connectivity index (χ4v) is 3.11. The number of nitrogens with two attached hydrogens (primary N) is 1. The number of nitrogens with zero attached hydrogens (tertiary/aromatic N) is 1. The minimum Gasteiger partial charge on any atom is -0.325 e. The highest BCUT2D eigenvalue weighted by Crippen LogP contribution is 2.23. The van der Waals surface area contributed by atoms with E-state index in [2.05, 4.69) is 16.3 Å². The number of rotatable bonds is 4. The Morgan fingerprint density at radius 2 is 2.00 bits per heavy atom. The smallest absolute Gasteiger partial charge is 0.231 e. The minimum atomic E-state index is -0.0974. The molecular weight excluding hydrogens is 262 g/mol. The molecule has 1 aliphatic heterocycles. The molecule has 4 heteroatoms. The fourth-order valence-electron chi connectivity index (χ4n) is 3.11. The van der Waals surface area contributed by atoms with E-state index >= 15 is 0 Å². The molecule has 3 N–H and O–H groups in total. The first-order valence-electron chi connectivity index (χ1n) is 7.77. The van der Waals surface area contributed by atoms with Crippen LogP contribution in [0.4, 0.5) is 5.69 Å². The molecule has 1 aromatic carbocycles. The Morgan fingerprint density at radius 1 is 1.24 bits per heavy atom. The zero-order valence-corrected chi connectivity index (χ0v) is 12.3. The van der Waals surface area contributed by atoms with Gasteiger partial charge in [0.05, 0.1) is 5.92 Å². The summed E-state index contributed by atoms with van der Waals surface area (Å²) in [6.45, 7) is 3.22. The maximum atomic E-state index is 12.3. The van der Waals surface area contributed by atoms with E-state index in [4.69, 9.17) is 5.73 Å². The average Bonchev–Trinajstić information content (AvgIpc) is 3.12. The van der Waals surface area contributed by atoms with Crippen LogP contribution in [-0.4, -0.2) is 29.9 Å². The molecule has 0 saturated carbocycles. The van der Waals surface area contributed by atoms with E-state index in [1.165, 1.54) is 18.4 Å². The number of likely N-dealkylation sites (tertiary alicyclic amines) is 1. The molecular formula is C17H23N3O. The lowest BCUT2D eigenvalue weighted by Crippen LogP contribution is -2.25. The molecule has 4 nitrogen and oxygen atoms in total. The third-order valence-corrected chi connectivity index (χ3v) is 4.32. The van der Waals surface area contributed by atoms with Gasteiger partial charge in [-0.3, -0.25) is 9.69 Å². The summed E-state index contributed by atoms with van der Waals surface area (Å²) in [6, 6.07) is 8.11. The van der Waals surface area contributed by atoms with Gasteiger partial charge in [0, 0.05) is 18.3 Å². The Labute approximate surface area is 126 Å². The summed E-state index contributed by atoms with van der Waals surface area (Å²) < 4.78 is 0. The van der Waals surface area contributed by atoms with Crippen LogP contribution in [0.1, 0.15) is 24.8 Å². The molecule has 0 spiro atoms. The van der Waals surface area contributed by atoms with Crippen LogP contribution < -0.4 is 11.1 Å². The Bertz CT molecular complexity index is 535. The number of hydrogen-bond donors (Lipinski definition) is 2. The zero-order valence-electron chi connectivity index (χ0n) is 12.3. The molecule has 2 aliphatic rings. The largest absolute Gasteiger partial charge is 0.325 e. The SMILES string of the molecule is NC1C=CC(C(=O)Nc2ccccc2CN2CCCC2)C1. The lowest BCUT2D eigenvalue weighted by Gasteiger charge is -2.18. The highest BCUT2D eigenvalue weighted by Gasteiger charge is 2.23. The monoisotopic (exact) mass is 285 g/mol. The molecule has 0 radical (unpaired) electrons. The van der Waals surface area contributed by atoms with E-state index in [0.29, 0.717) is 6.42 Å². The second-order valence-corrected chi connectivity index (χ2v) is 6.02. The molecule has 1 saturated heterocycles. The number of para-hydroxylation sites is 1. The van der Waals surface area contributed by atoms with Crippen LogP contribution in [0.25, 0.3) is 0 Å². The molecule has 0 bridgehead atoms. The Kier molecular flexibility index (Phi) is 4.36. The van der Waals surface area contributed by atoms with Gasteiger partial charge in [-0.25, -0.2) is 0 Å². The fraction of sp³-hybridized carbons (Fsp3) is 0.471. The van der Waals surface area contributed by atoms with E-state index in [0.717, 1.165) is 25.3 Å². The van der Waals surface area contributed by atoms with E-state index in [9.17, 15) is 4.79 Å². The summed E-state index contributed by atoms with van der Waals surface area (Å²) in [5.41, 5.74) is 7.95. The molecule has 1 aromatic rings. The van der Waals surface area contributed by atoms with Gasteiger partial charge in [0.15, 0.2) is 0 Å². The first-order chi connectivity index (χ1) is 10.2. The van der Waals surface area contributed by atoms with Crippen LogP contribution in [0, 0.1) is 5.92 Å². The Balaban J connectivity index is 1.67. The number of anilines is 1. The van der Waals surface area contributed by atoms with Gasteiger partial charge in [0.2, 0.25) is 5.91 Å². The van der Waals surface area contributed by atoms with Crippen LogP contribution in [0.2, 0.25) is 0 Å². The van der Waals surface area contributed by atoms with Crippen molar-refractivity contribution in [2.45, 2.75) is 31.8 Å². The van der Waals surface area contributed by atoms with Crippen molar-refractivity contribution in [1.29, 1.82) is 0 Å². The van der Waals surface area contributed by atoms with E-state index < -0.39 is 0 Å². The molecule has 1 fully saturated rings. The van der Waals surface area contributed by atoms with Crippen LogP contribution in [-0.2, 0) is 11.3 Å². The quantitative estimate of drug-likeness (QED) is 0.833. The van der Waals surface area contributed by atoms with Crippen LogP contribution >= 0.6 is 0 Å². The molecule has 1 heterocycles. The first kappa shape index (κ1) is 14.3. The molecule has 2 atom stereocenters. The van der Waals surface area contributed by atoms with Crippen LogP contribution in [0.3, 0.4) is 0 Å². The number of benzene rings is 1. The third-order valence-electron chi connectivity index (χ3n) is 4.32. The van der Waals surface area contributed by atoms with Crippen molar-refractivity contribution in [2.24, 2.45) is 11.7 Å². The summed E-state index contributed by atoms with van der Waals surface area (Å²) in [7, 11) is 0. The molecule has 0 aromatic heterocycles. The number of nitrogens with one attached hydrogen (secondary N) is 1. The van der Waals surface area contributed by atoms with Crippen molar-refractivity contribution in [2.75, 3.05) is 18.4 Å². The average molecular weight is 285 g/mol. The molecule has 112 valence electrons. The van der Waals surface area contributed by atoms with Gasteiger partial charge >= 0.3 is 0 Å². The van der Waals surface area contributed by atoms with Crippen molar-refractivity contribution < 1.29 is 4.79 Å². The van der Waals surface area contributed by atoms with E-state index in [1.807, 2.05) is 30.4 Å². The van der Waals surface area contributed by atoms with Gasteiger partial charge in [0.1, 0.15) is 0 Å². The van der Waals surface area contributed by atoms with Crippen molar-refractivity contribution in [1.82, 2.24) is 4.90 Å². The normalized spacial score (nSPS) is 25.4. The van der Waals surface area contributed by atoms with Crippen molar-refractivity contribution in [3.05, 3.63) is 42.0 Å². The van der Waals surface area contributed by atoms with Crippen LogP contribution in [0.5, 0.6) is 0 Å². The molecule has 3 rings (SSSR count). The zero-order chi connectivity index (χ0) is 14.7.